The Morgan fingerprint density at radius 2 is 2.00 bits per heavy atom. The molecule has 0 unspecified atom stereocenters. The molecule has 0 aliphatic heterocycles. The molecular weight excluding hydrogens is 348 g/mol. The van der Waals surface area contributed by atoms with Gasteiger partial charge in [0.05, 0.1) is 24.7 Å². The van der Waals surface area contributed by atoms with E-state index in [9.17, 15) is 14.9 Å². The molecule has 0 radical (unpaired) electrons. The average Bonchev–Trinajstić information content (AvgIpc) is 3.34. The van der Waals surface area contributed by atoms with Gasteiger partial charge in [0.2, 0.25) is 0 Å². The van der Waals surface area contributed by atoms with Crippen molar-refractivity contribution in [3.05, 3.63) is 27.8 Å². The number of hydrogen-bond acceptors (Lipinski definition) is 5. The quantitative estimate of drug-likeness (QED) is 0.607. The molecular formula is C20H26N2O5. The fraction of sp³-hybridized carbons (Fsp3) is 0.650. The summed E-state index contributed by atoms with van der Waals surface area (Å²) in [6.45, 7) is 2.14. The van der Waals surface area contributed by atoms with E-state index >= 15 is 0 Å². The Balaban J connectivity index is 1.57. The second kappa shape index (κ2) is 7.02. The van der Waals surface area contributed by atoms with Crippen molar-refractivity contribution in [1.82, 2.24) is 5.32 Å². The Kier molecular flexibility index (Phi) is 4.70. The SMILES string of the molecule is CCOc1cc([N+](=O)[O-])c(C(=O)N[C@@H]2C[C@H]3C[C@H]2[C@@H]2CCC[C@H]32)cc1OC. The van der Waals surface area contributed by atoms with E-state index in [1.165, 1.54) is 44.9 Å². The average molecular weight is 374 g/mol. The molecule has 1 aromatic rings. The zero-order valence-corrected chi connectivity index (χ0v) is 15.8. The Morgan fingerprint density at radius 1 is 1.22 bits per heavy atom. The number of nitro benzene ring substituents is 1. The number of hydrogen-bond donors (Lipinski definition) is 1. The number of ether oxygens (including phenoxy) is 2. The van der Waals surface area contributed by atoms with E-state index in [0.29, 0.717) is 24.2 Å². The van der Waals surface area contributed by atoms with Crippen molar-refractivity contribution < 1.29 is 19.2 Å². The summed E-state index contributed by atoms with van der Waals surface area (Å²) in [6, 6.07) is 2.83. The van der Waals surface area contributed by atoms with E-state index in [1.54, 1.807) is 6.92 Å². The smallest absolute Gasteiger partial charge is 0.286 e. The highest BCUT2D eigenvalue weighted by atomic mass is 16.6. The van der Waals surface area contributed by atoms with E-state index in [2.05, 4.69) is 5.32 Å². The van der Waals surface area contributed by atoms with Crippen molar-refractivity contribution in [3.63, 3.8) is 0 Å². The molecule has 3 saturated carbocycles. The summed E-state index contributed by atoms with van der Waals surface area (Å²) in [5.74, 6) is 3.00. The first-order valence-electron chi connectivity index (χ1n) is 9.83. The summed E-state index contributed by atoms with van der Waals surface area (Å²) in [4.78, 5) is 23.9. The first-order chi connectivity index (χ1) is 13.0. The number of carbonyl (C=O) groups excluding carboxylic acids is 1. The molecule has 7 nitrogen and oxygen atoms in total. The summed E-state index contributed by atoms with van der Waals surface area (Å²) < 4.78 is 10.7. The highest BCUT2D eigenvalue weighted by molar-refractivity contribution is 5.99. The van der Waals surface area contributed by atoms with E-state index in [-0.39, 0.29) is 23.0 Å². The van der Waals surface area contributed by atoms with Gasteiger partial charge in [0.15, 0.2) is 11.5 Å². The third kappa shape index (κ3) is 3.03. The lowest BCUT2D eigenvalue weighted by Crippen LogP contribution is -2.42. The highest BCUT2D eigenvalue weighted by Crippen LogP contribution is 2.58. The maximum absolute atomic E-state index is 12.9. The van der Waals surface area contributed by atoms with Crippen LogP contribution in [0.4, 0.5) is 5.69 Å². The van der Waals surface area contributed by atoms with Crippen LogP contribution in [0, 0.1) is 33.8 Å². The molecule has 3 aliphatic carbocycles. The van der Waals surface area contributed by atoms with Crippen LogP contribution in [0.25, 0.3) is 0 Å². The number of nitrogens with one attached hydrogen (secondary N) is 1. The van der Waals surface area contributed by atoms with Crippen molar-refractivity contribution >= 4 is 11.6 Å². The second-order valence-corrected chi connectivity index (χ2v) is 7.94. The molecule has 0 aromatic heterocycles. The highest BCUT2D eigenvalue weighted by Gasteiger charge is 2.54. The topological polar surface area (TPSA) is 90.7 Å². The summed E-state index contributed by atoms with van der Waals surface area (Å²) in [7, 11) is 1.46. The maximum atomic E-state index is 12.9. The lowest BCUT2D eigenvalue weighted by molar-refractivity contribution is -0.385. The maximum Gasteiger partial charge on any atom is 0.286 e. The Bertz CT molecular complexity index is 765. The van der Waals surface area contributed by atoms with Gasteiger partial charge >= 0.3 is 0 Å². The van der Waals surface area contributed by atoms with Gasteiger partial charge in [-0.05, 0) is 56.3 Å². The first-order valence-corrected chi connectivity index (χ1v) is 9.83. The summed E-state index contributed by atoms with van der Waals surface area (Å²) in [5, 5.41) is 14.6. The number of rotatable bonds is 6. The number of fused-ring (bicyclic) bond motifs is 5. The van der Waals surface area contributed by atoms with Crippen LogP contribution in [-0.4, -0.2) is 30.6 Å². The summed E-state index contributed by atoms with van der Waals surface area (Å²) in [5.41, 5.74) is -0.218. The van der Waals surface area contributed by atoms with Crippen molar-refractivity contribution in [2.75, 3.05) is 13.7 Å². The van der Waals surface area contributed by atoms with E-state index < -0.39 is 10.8 Å². The van der Waals surface area contributed by atoms with Crippen LogP contribution >= 0.6 is 0 Å². The first kappa shape index (κ1) is 18.1. The van der Waals surface area contributed by atoms with Crippen LogP contribution in [0.1, 0.15) is 49.4 Å². The normalized spacial score (nSPS) is 30.8. The molecule has 3 aliphatic rings. The number of nitro groups is 1. The van der Waals surface area contributed by atoms with Gasteiger partial charge in [-0.25, -0.2) is 0 Å². The second-order valence-electron chi connectivity index (χ2n) is 7.94. The molecule has 7 heteroatoms. The number of benzene rings is 1. The Morgan fingerprint density at radius 3 is 2.70 bits per heavy atom. The van der Waals surface area contributed by atoms with Gasteiger partial charge in [-0.2, -0.15) is 0 Å². The van der Waals surface area contributed by atoms with Gasteiger partial charge in [0.25, 0.3) is 11.6 Å². The Labute approximate surface area is 158 Å². The molecule has 1 N–H and O–H groups in total. The van der Waals surface area contributed by atoms with Crippen LogP contribution in [0.5, 0.6) is 11.5 Å². The number of nitrogens with zero attached hydrogens (tertiary/aromatic N) is 1. The third-order valence-corrected chi connectivity index (χ3v) is 6.77. The van der Waals surface area contributed by atoms with Gasteiger partial charge in [-0.15, -0.1) is 0 Å². The van der Waals surface area contributed by atoms with E-state index in [1.807, 2.05) is 0 Å². The molecule has 2 bridgehead atoms. The molecule has 0 saturated heterocycles. The summed E-state index contributed by atoms with van der Waals surface area (Å²) >= 11 is 0. The minimum Gasteiger partial charge on any atom is -0.493 e. The molecule has 146 valence electrons. The van der Waals surface area contributed by atoms with Gasteiger partial charge < -0.3 is 14.8 Å². The number of methoxy groups -OCH3 is 1. The van der Waals surface area contributed by atoms with E-state index in [0.717, 1.165) is 18.3 Å². The largest absolute Gasteiger partial charge is 0.493 e. The molecule has 1 amide bonds. The lowest BCUT2D eigenvalue weighted by Gasteiger charge is -2.32. The third-order valence-electron chi connectivity index (χ3n) is 6.77. The van der Waals surface area contributed by atoms with E-state index in [4.69, 9.17) is 9.47 Å². The van der Waals surface area contributed by atoms with Gasteiger partial charge in [0.1, 0.15) is 5.56 Å². The van der Waals surface area contributed by atoms with Crippen molar-refractivity contribution in [1.29, 1.82) is 0 Å². The summed E-state index contributed by atoms with van der Waals surface area (Å²) in [6.07, 6.45) is 6.07. The monoisotopic (exact) mass is 374 g/mol. The van der Waals surface area contributed by atoms with Gasteiger partial charge in [0, 0.05) is 12.1 Å². The van der Waals surface area contributed by atoms with Crippen LogP contribution < -0.4 is 14.8 Å². The standard InChI is InChI=1S/C20H26N2O5/c1-3-27-19-10-17(22(24)25)15(9-18(19)26-2)20(23)21-16-8-11-7-14(16)13-6-4-5-12(11)13/h9-14,16H,3-8H2,1-2H3,(H,21,23)/t11-,12-,13-,14+,16-/m1/s1. The van der Waals surface area contributed by atoms with Crippen molar-refractivity contribution in [2.24, 2.45) is 23.7 Å². The minimum atomic E-state index is -0.537. The zero-order valence-electron chi connectivity index (χ0n) is 15.8. The molecule has 27 heavy (non-hydrogen) atoms. The molecule has 1 aromatic carbocycles. The van der Waals surface area contributed by atoms with Crippen molar-refractivity contribution in [3.8, 4) is 11.5 Å². The van der Waals surface area contributed by atoms with Gasteiger partial charge in [-0.1, -0.05) is 6.42 Å². The van der Waals surface area contributed by atoms with Crippen LogP contribution in [0.3, 0.4) is 0 Å². The zero-order chi connectivity index (χ0) is 19.1. The van der Waals surface area contributed by atoms with Crippen LogP contribution in [0.2, 0.25) is 0 Å². The molecule has 5 atom stereocenters. The van der Waals surface area contributed by atoms with Crippen LogP contribution in [-0.2, 0) is 0 Å². The molecule has 4 rings (SSSR count). The number of amides is 1. The fourth-order valence-electron chi connectivity index (χ4n) is 5.79. The predicted molar refractivity (Wildman–Crippen MR) is 99.1 cm³/mol. The molecule has 0 spiro atoms. The lowest BCUT2D eigenvalue weighted by atomic mass is 9.79. The van der Waals surface area contributed by atoms with Crippen molar-refractivity contribution in [2.45, 2.75) is 45.1 Å². The van der Waals surface area contributed by atoms with Gasteiger partial charge in [-0.3, -0.25) is 14.9 Å². The molecule has 3 fully saturated rings. The molecule has 0 heterocycles. The number of carbonyl (C=O) groups is 1. The predicted octanol–water partition coefficient (Wildman–Crippen LogP) is 3.56. The minimum absolute atomic E-state index is 0.0334. The fourth-order valence-corrected chi connectivity index (χ4v) is 5.79. The van der Waals surface area contributed by atoms with Crippen LogP contribution in [0.15, 0.2) is 12.1 Å². The Hall–Kier alpha value is -2.31.